The topological polar surface area (TPSA) is 59.0 Å². The van der Waals surface area contributed by atoms with Crippen molar-refractivity contribution in [1.82, 2.24) is 4.90 Å². The Balaban J connectivity index is 1.80. The van der Waals surface area contributed by atoms with Crippen LogP contribution in [0, 0.1) is 0 Å². The van der Waals surface area contributed by atoms with Gasteiger partial charge in [0.25, 0.3) is 0 Å². The molecular formula is C13H14BrNO4. The molecule has 6 heteroatoms. The normalized spacial score (nSPS) is 21.8. The highest BCUT2D eigenvalue weighted by Gasteiger charge is 2.30. The van der Waals surface area contributed by atoms with E-state index in [1.54, 1.807) is 0 Å². The van der Waals surface area contributed by atoms with Crippen LogP contribution in [0.2, 0.25) is 0 Å². The lowest BCUT2D eigenvalue weighted by Gasteiger charge is -2.21. The molecule has 0 radical (unpaired) electrons. The summed E-state index contributed by atoms with van der Waals surface area (Å²) < 4.78 is 11.6. The van der Waals surface area contributed by atoms with Gasteiger partial charge in [-0.2, -0.15) is 0 Å². The van der Waals surface area contributed by atoms with Gasteiger partial charge in [-0.1, -0.05) is 0 Å². The third-order valence-corrected chi connectivity index (χ3v) is 4.11. The van der Waals surface area contributed by atoms with Crippen LogP contribution in [0.3, 0.4) is 0 Å². The van der Waals surface area contributed by atoms with E-state index in [2.05, 4.69) is 15.9 Å². The second kappa shape index (κ2) is 5.02. The van der Waals surface area contributed by atoms with Crippen molar-refractivity contribution in [2.45, 2.75) is 25.4 Å². The monoisotopic (exact) mass is 327 g/mol. The van der Waals surface area contributed by atoms with Crippen molar-refractivity contribution >= 4 is 21.9 Å². The number of likely N-dealkylation sites (tertiary alicyclic amines) is 1. The van der Waals surface area contributed by atoms with Crippen molar-refractivity contribution in [3.63, 3.8) is 0 Å². The fourth-order valence-corrected chi connectivity index (χ4v) is 3.25. The number of carbonyl (C=O) groups is 1. The molecular weight excluding hydrogens is 314 g/mol. The number of hydrogen-bond acceptors (Lipinski definition) is 4. The Kier molecular flexibility index (Phi) is 3.36. The van der Waals surface area contributed by atoms with Crippen LogP contribution >= 0.6 is 15.9 Å². The molecule has 0 unspecified atom stereocenters. The molecule has 2 aliphatic heterocycles. The maximum atomic E-state index is 11.2. The van der Waals surface area contributed by atoms with E-state index in [9.17, 15) is 9.90 Å². The third-order valence-electron chi connectivity index (χ3n) is 3.52. The number of carboxylic acids is 1. The summed E-state index contributed by atoms with van der Waals surface area (Å²) in [6.45, 7) is 1.67. The third kappa shape index (κ3) is 2.42. The predicted octanol–water partition coefficient (Wildman–Crippen LogP) is 2.23. The summed E-state index contributed by atoms with van der Waals surface area (Å²) in [5.74, 6) is 0.702. The minimum Gasteiger partial charge on any atom is -0.480 e. The lowest BCUT2D eigenvalue weighted by molar-refractivity contribution is -0.142. The zero-order valence-corrected chi connectivity index (χ0v) is 11.9. The van der Waals surface area contributed by atoms with Crippen LogP contribution in [0.25, 0.3) is 0 Å². The van der Waals surface area contributed by atoms with Gasteiger partial charge in [0.15, 0.2) is 11.5 Å². The van der Waals surface area contributed by atoms with E-state index in [0.717, 1.165) is 40.9 Å². The van der Waals surface area contributed by atoms with Crippen molar-refractivity contribution in [3.05, 3.63) is 22.2 Å². The molecule has 1 N–H and O–H groups in total. The molecule has 1 atom stereocenters. The Morgan fingerprint density at radius 3 is 3.11 bits per heavy atom. The Bertz CT molecular complexity index is 520. The van der Waals surface area contributed by atoms with Crippen molar-refractivity contribution in [1.29, 1.82) is 0 Å². The molecule has 2 heterocycles. The molecule has 0 saturated carbocycles. The first-order valence-electron chi connectivity index (χ1n) is 6.20. The van der Waals surface area contributed by atoms with Crippen LogP contribution < -0.4 is 9.47 Å². The number of ether oxygens (including phenoxy) is 2. The lowest BCUT2D eigenvalue weighted by Crippen LogP contribution is -2.35. The Morgan fingerprint density at radius 1 is 1.47 bits per heavy atom. The molecule has 1 fully saturated rings. The summed E-state index contributed by atoms with van der Waals surface area (Å²) >= 11 is 3.45. The molecule has 0 spiro atoms. The van der Waals surface area contributed by atoms with E-state index in [-0.39, 0.29) is 12.8 Å². The van der Waals surface area contributed by atoms with Gasteiger partial charge in [-0.25, -0.2) is 0 Å². The zero-order valence-electron chi connectivity index (χ0n) is 10.3. The molecule has 1 saturated heterocycles. The molecule has 19 heavy (non-hydrogen) atoms. The number of rotatable bonds is 3. The minimum absolute atomic E-state index is 0.235. The number of nitrogens with zero attached hydrogens (tertiary/aromatic N) is 1. The van der Waals surface area contributed by atoms with Gasteiger partial charge in [-0.3, -0.25) is 9.69 Å². The summed E-state index contributed by atoms with van der Waals surface area (Å²) in [7, 11) is 0. The van der Waals surface area contributed by atoms with Crippen molar-refractivity contribution in [2.24, 2.45) is 0 Å². The highest BCUT2D eigenvalue weighted by Crippen LogP contribution is 2.40. The summed E-state index contributed by atoms with van der Waals surface area (Å²) in [6, 6.07) is 3.51. The van der Waals surface area contributed by atoms with Gasteiger partial charge in [0, 0.05) is 6.54 Å². The molecule has 0 aromatic heterocycles. The summed E-state index contributed by atoms with van der Waals surface area (Å²) in [4.78, 5) is 13.2. The average Bonchev–Trinajstić information content (AvgIpc) is 2.97. The summed E-state index contributed by atoms with van der Waals surface area (Å²) in [6.07, 6.45) is 1.66. The second-order valence-electron chi connectivity index (χ2n) is 4.78. The average molecular weight is 328 g/mol. The van der Waals surface area contributed by atoms with Gasteiger partial charge in [0.1, 0.15) is 6.04 Å². The largest absolute Gasteiger partial charge is 0.480 e. The number of halogens is 1. The lowest BCUT2D eigenvalue weighted by atomic mass is 10.1. The fourth-order valence-electron chi connectivity index (χ4n) is 2.64. The van der Waals surface area contributed by atoms with E-state index in [0.29, 0.717) is 6.54 Å². The van der Waals surface area contributed by atoms with Crippen LogP contribution in [0.5, 0.6) is 11.5 Å². The van der Waals surface area contributed by atoms with E-state index in [1.165, 1.54) is 0 Å². The maximum absolute atomic E-state index is 11.2. The molecule has 5 nitrogen and oxygen atoms in total. The van der Waals surface area contributed by atoms with E-state index in [1.807, 2.05) is 17.0 Å². The molecule has 0 amide bonds. The van der Waals surface area contributed by atoms with Crippen LogP contribution in [0.1, 0.15) is 18.4 Å². The molecule has 0 aliphatic carbocycles. The highest BCUT2D eigenvalue weighted by molar-refractivity contribution is 9.10. The molecule has 2 aliphatic rings. The number of carboxylic acid groups (broad SMARTS) is 1. The summed E-state index contributed by atoms with van der Waals surface area (Å²) in [5, 5.41) is 9.18. The van der Waals surface area contributed by atoms with Gasteiger partial charge in [-0.05, 0) is 53.0 Å². The Morgan fingerprint density at radius 2 is 2.32 bits per heavy atom. The zero-order chi connectivity index (χ0) is 13.4. The van der Waals surface area contributed by atoms with Crippen LogP contribution in [0.15, 0.2) is 16.6 Å². The van der Waals surface area contributed by atoms with E-state index in [4.69, 9.17) is 9.47 Å². The van der Waals surface area contributed by atoms with Crippen LogP contribution in [-0.2, 0) is 11.3 Å². The molecule has 102 valence electrons. The first kappa shape index (κ1) is 12.7. The molecule has 0 bridgehead atoms. The SMILES string of the molecule is O=C(O)[C@@H]1CCCN1Cc1cc(Br)c2c(c1)OCO2. The molecule has 1 aromatic carbocycles. The Hall–Kier alpha value is -1.27. The van der Waals surface area contributed by atoms with Crippen molar-refractivity contribution in [2.75, 3.05) is 13.3 Å². The highest BCUT2D eigenvalue weighted by atomic mass is 79.9. The summed E-state index contributed by atoms with van der Waals surface area (Å²) in [5.41, 5.74) is 1.03. The van der Waals surface area contributed by atoms with Gasteiger partial charge < -0.3 is 14.6 Å². The first-order chi connectivity index (χ1) is 9.15. The second-order valence-corrected chi connectivity index (χ2v) is 5.63. The maximum Gasteiger partial charge on any atom is 0.320 e. The fraction of sp³-hybridized carbons (Fsp3) is 0.462. The number of benzene rings is 1. The van der Waals surface area contributed by atoms with Gasteiger partial charge >= 0.3 is 5.97 Å². The van der Waals surface area contributed by atoms with Crippen LogP contribution in [-0.4, -0.2) is 35.4 Å². The minimum atomic E-state index is -0.739. The van der Waals surface area contributed by atoms with E-state index < -0.39 is 5.97 Å². The number of hydrogen-bond donors (Lipinski definition) is 1. The standard InChI is InChI=1S/C13H14BrNO4/c14-9-4-8(5-11-12(9)19-7-18-11)6-15-3-1-2-10(15)13(16)17/h4-5,10H,1-3,6-7H2,(H,16,17)/t10-/m0/s1. The smallest absolute Gasteiger partial charge is 0.320 e. The van der Waals surface area contributed by atoms with Gasteiger partial charge in [0.2, 0.25) is 6.79 Å². The number of aliphatic carboxylic acids is 1. The predicted molar refractivity (Wildman–Crippen MR) is 71.3 cm³/mol. The van der Waals surface area contributed by atoms with E-state index >= 15 is 0 Å². The number of fused-ring (bicyclic) bond motifs is 1. The van der Waals surface area contributed by atoms with Gasteiger partial charge in [0.05, 0.1) is 4.47 Å². The first-order valence-corrected chi connectivity index (χ1v) is 6.99. The molecule has 1 aromatic rings. The molecule has 3 rings (SSSR count). The van der Waals surface area contributed by atoms with Crippen LogP contribution in [0.4, 0.5) is 0 Å². The van der Waals surface area contributed by atoms with Crippen molar-refractivity contribution < 1.29 is 19.4 Å². The van der Waals surface area contributed by atoms with Crippen molar-refractivity contribution in [3.8, 4) is 11.5 Å². The van der Waals surface area contributed by atoms with Gasteiger partial charge in [-0.15, -0.1) is 0 Å². The quantitative estimate of drug-likeness (QED) is 0.922. The Labute approximate surface area is 119 Å².